The second kappa shape index (κ2) is 9.06. The van der Waals surface area contributed by atoms with E-state index in [1.54, 1.807) is 0 Å². The van der Waals surface area contributed by atoms with Crippen LogP contribution in [0.4, 0.5) is 0 Å². The van der Waals surface area contributed by atoms with Gasteiger partial charge in [-0.3, -0.25) is 4.79 Å². The number of benzene rings is 1. The molecule has 4 heteroatoms. The van der Waals surface area contributed by atoms with Crippen LogP contribution in [-0.2, 0) is 17.6 Å². The van der Waals surface area contributed by atoms with Gasteiger partial charge in [0, 0.05) is 6.04 Å². The lowest BCUT2D eigenvalue weighted by Gasteiger charge is -2.23. The van der Waals surface area contributed by atoms with E-state index in [0.29, 0.717) is 18.4 Å². The Labute approximate surface area is 134 Å². The van der Waals surface area contributed by atoms with Crippen molar-refractivity contribution >= 4 is 18.3 Å². The van der Waals surface area contributed by atoms with Gasteiger partial charge in [0.2, 0.25) is 5.91 Å². The molecule has 0 aliphatic carbocycles. The minimum Gasteiger partial charge on any atom is -0.353 e. The van der Waals surface area contributed by atoms with Gasteiger partial charge in [0.25, 0.3) is 0 Å². The van der Waals surface area contributed by atoms with Crippen LogP contribution >= 0.6 is 12.4 Å². The average molecular weight is 311 g/mol. The molecule has 0 spiro atoms. The lowest BCUT2D eigenvalue weighted by atomic mass is 10.0. The Balaban J connectivity index is 0.00000220. The number of hydrogen-bond acceptors (Lipinski definition) is 2. The van der Waals surface area contributed by atoms with Crippen LogP contribution in [0.25, 0.3) is 0 Å². The SMILES string of the molecule is CC(C)Cc1ccc(CC(=O)NC2CCNCC2)cc1.Cl. The molecule has 0 unspecified atom stereocenters. The molecule has 1 saturated heterocycles. The summed E-state index contributed by atoms with van der Waals surface area (Å²) in [6.07, 6.45) is 3.67. The largest absolute Gasteiger partial charge is 0.353 e. The Morgan fingerprint density at radius 2 is 1.76 bits per heavy atom. The number of carbonyl (C=O) groups is 1. The highest BCUT2D eigenvalue weighted by atomic mass is 35.5. The third-order valence-corrected chi connectivity index (χ3v) is 3.74. The number of amides is 1. The van der Waals surface area contributed by atoms with Crippen molar-refractivity contribution in [3.63, 3.8) is 0 Å². The quantitative estimate of drug-likeness (QED) is 0.878. The zero-order chi connectivity index (χ0) is 14.4. The van der Waals surface area contributed by atoms with E-state index >= 15 is 0 Å². The Hall–Kier alpha value is -1.06. The zero-order valence-electron chi connectivity index (χ0n) is 13.0. The molecule has 1 aromatic rings. The molecule has 1 heterocycles. The van der Waals surface area contributed by atoms with Gasteiger partial charge < -0.3 is 10.6 Å². The molecule has 2 rings (SSSR count). The third-order valence-electron chi connectivity index (χ3n) is 3.74. The van der Waals surface area contributed by atoms with E-state index in [1.165, 1.54) is 5.56 Å². The minimum atomic E-state index is 0. The number of carbonyl (C=O) groups excluding carboxylic acids is 1. The summed E-state index contributed by atoms with van der Waals surface area (Å²) < 4.78 is 0. The summed E-state index contributed by atoms with van der Waals surface area (Å²) in [7, 11) is 0. The number of hydrogen-bond donors (Lipinski definition) is 2. The van der Waals surface area contributed by atoms with Crippen LogP contribution in [-0.4, -0.2) is 25.0 Å². The summed E-state index contributed by atoms with van der Waals surface area (Å²) in [6, 6.07) is 8.81. The fraction of sp³-hybridized carbons (Fsp3) is 0.588. The van der Waals surface area contributed by atoms with Gasteiger partial charge in [-0.15, -0.1) is 12.4 Å². The fourth-order valence-corrected chi connectivity index (χ4v) is 2.69. The number of halogens is 1. The van der Waals surface area contributed by atoms with Crippen molar-refractivity contribution < 1.29 is 4.79 Å². The van der Waals surface area contributed by atoms with E-state index in [4.69, 9.17) is 0 Å². The van der Waals surface area contributed by atoms with Gasteiger partial charge in [0.15, 0.2) is 0 Å². The second-order valence-corrected chi connectivity index (χ2v) is 6.18. The van der Waals surface area contributed by atoms with Crippen molar-refractivity contribution in [1.82, 2.24) is 10.6 Å². The lowest BCUT2D eigenvalue weighted by molar-refractivity contribution is -0.121. The first-order valence-electron chi connectivity index (χ1n) is 7.71. The molecular formula is C17H27ClN2O. The molecular weight excluding hydrogens is 284 g/mol. The van der Waals surface area contributed by atoms with Crippen molar-refractivity contribution in [2.24, 2.45) is 5.92 Å². The monoisotopic (exact) mass is 310 g/mol. The standard InChI is InChI=1S/C17H26N2O.ClH/c1-13(2)11-14-3-5-15(6-4-14)12-17(20)19-16-7-9-18-10-8-16;/h3-6,13,16,18H,7-12H2,1-2H3,(H,19,20);1H. The summed E-state index contributed by atoms with van der Waals surface area (Å²) in [5.74, 6) is 0.817. The van der Waals surface area contributed by atoms with E-state index in [1.807, 2.05) is 0 Å². The second-order valence-electron chi connectivity index (χ2n) is 6.18. The van der Waals surface area contributed by atoms with Crippen molar-refractivity contribution in [1.29, 1.82) is 0 Å². The lowest BCUT2D eigenvalue weighted by Crippen LogP contribution is -2.43. The van der Waals surface area contributed by atoms with Crippen LogP contribution in [0.15, 0.2) is 24.3 Å². The molecule has 0 atom stereocenters. The molecule has 1 amide bonds. The first kappa shape index (κ1) is 18.0. The van der Waals surface area contributed by atoms with E-state index < -0.39 is 0 Å². The topological polar surface area (TPSA) is 41.1 Å². The first-order chi connectivity index (χ1) is 9.63. The number of nitrogens with one attached hydrogen (secondary N) is 2. The highest BCUT2D eigenvalue weighted by Crippen LogP contribution is 2.10. The molecule has 0 bridgehead atoms. The van der Waals surface area contributed by atoms with Gasteiger partial charge in [-0.05, 0) is 49.4 Å². The molecule has 1 aromatic carbocycles. The molecule has 21 heavy (non-hydrogen) atoms. The van der Waals surface area contributed by atoms with Gasteiger partial charge in [0.1, 0.15) is 0 Å². The molecule has 0 aromatic heterocycles. The Morgan fingerprint density at radius 3 is 2.33 bits per heavy atom. The van der Waals surface area contributed by atoms with Gasteiger partial charge in [-0.2, -0.15) is 0 Å². The molecule has 3 nitrogen and oxygen atoms in total. The predicted molar refractivity (Wildman–Crippen MR) is 90.0 cm³/mol. The van der Waals surface area contributed by atoms with Crippen molar-refractivity contribution in [2.75, 3.05) is 13.1 Å². The summed E-state index contributed by atoms with van der Waals surface area (Å²) in [4.78, 5) is 12.0. The number of piperidine rings is 1. The third kappa shape index (κ3) is 6.49. The molecule has 0 radical (unpaired) electrons. The van der Waals surface area contributed by atoms with Crippen LogP contribution in [0.2, 0.25) is 0 Å². The smallest absolute Gasteiger partial charge is 0.224 e. The Morgan fingerprint density at radius 1 is 1.19 bits per heavy atom. The highest BCUT2D eigenvalue weighted by Gasteiger charge is 2.15. The van der Waals surface area contributed by atoms with Crippen LogP contribution in [0, 0.1) is 5.92 Å². The average Bonchev–Trinajstić information content (AvgIpc) is 2.41. The van der Waals surface area contributed by atoms with E-state index in [9.17, 15) is 4.79 Å². The predicted octanol–water partition coefficient (Wildman–Crippen LogP) is 2.72. The molecule has 2 N–H and O–H groups in total. The van der Waals surface area contributed by atoms with Gasteiger partial charge >= 0.3 is 0 Å². The fourth-order valence-electron chi connectivity index (χ4n) is 2.69. The van der Waals surface area contributed by atoms with E-state index in [0.717, 1.165) is 37.9 Å². The molecule has 118 valence electrons. The maximum absolute atomic E-state index is 12.0. The summed E-state index contributed by atoms with van der Waals surface area (Å²) in [5.41, 5.74) is 2.45. The van der Waals surface area contributed by atoms with Crippen molar-refractivity contribution in [3.8, 4) is 0 Å². The van der Waals surface area contributed by atoms with Crippen LogP contribution in [0.5, 0.6) is 0 Å². The normalized spacial score (nSPS) is 15.6. The highest BCUT2D eigenvalue weighted by molar-refractivity contribution is 5.85. The van der Waals surface area contributed by atoms with Crippen LogP contribution < -0.4 is 10.6 Å². The Bertz CT molecular complexity index is 425. The zero-order valence-corrected chi connectivity index (χ0v) is 13.8. The minimum absolute atomic E-state index is 0. The van der Waals surface area contributed by atoms with Crippen LogP contribution in [0.1, 0.15) is 37.8 Å². The maximum Gasteiger partial charge on any atom is 0.224 e. The van der Waals surface area contributed by atoms with Gasteiger partial charge in [0.05, 0.1) is 6.42 Å². The van der Waals surface area contributed by atoms with Gasteiger partial charge in [-0.1, -0.05) is 38.1 Å². The first-order valence-corrected chi connectivity index (χ1v) is 7.71. The summed E-state index contributed by atoms with van der Waals surface area (Å²) >= 11 is 0. The summed E-state index contributed by atoms with van der Waals surface area (Å²) in [5, 5.41) is 6.44. The van der Waals surface area contributed by atoms with Crippen molar-refractivity contribution in [3.05, 3.63) is 35.4 Å². The van der Waals surface area contributed by atoms with E-state index in [-0.39, 0.29) is 18.3 Å². The molecule has 1 aliphatic heterocycles. The Kier molecular flexibility index (Phi) is 7.76. The van der Waals surface area contributed by atoms with E-state index in [2.05, 4.69) is 48.7 Å². The van der Waals surface area contributed by atoms with Gasteiger partial charge in [-0.25, -0.2) is 0 Å². The van der Waals surface area contributed by atoms with Crippen molar-refractivity contribution in [2.45, 2.75) is 45.6 Å². The summed E-state index contributed by atoms with van der Waals surface area (Å²) in [6.45, 7) is 6.46. The van der Waals surface area contributed by atoms with Crippen LogP contribution in [0.3, 0.4) is 0 Å². The maximum atomic E-state index is 12.0. The molecule has 1 aliphatic rings. The number of rotatable bonds is 5. The molecule has 1 fully saturated rings. The molecule has 0 saturated carbocycles.